The van der Waals surface area contributed by atoms with Crippen molar-refractivity contribution in [2.75, 3.05) is 25.0 Å². The first-order chi connectivity index (χ1) is 7.70. The number of hydrogen-bond donors (Lipinski definition) is 1. The van der Waals surface area contributed by atoms with Gasteiger partial charge in [0.25, 0.3) is 0 Å². The lowest BCUT2D eigenvalue weighted by Gasteiger charge is -2.33. The maximum Gasteiger partial charge on any atom is 0.0549 e. The van der Waals surface area contributed by atoms with Crippen molar-refractivity contribution in [1.82, 2.24) is 5.32 Å². The van der Waals surface area contributed by atoms with E-state index in [1.807, 2.05) is 13.1 Å². The normalized spacial score (nSPS) is 17.8. The van der Waals surface area contributed by atoms with Crippen molar-refractivity contribution in [3.8, 4) is 0 Å². The number of hydrogen-bond acceptors (Lipinski definition) is 2. The van der Waals surface area contributed by atoms with Gasteiger partial charge >= 0.3 is 0 Å². The predicted octanol–water partition coefficient (Wildman–Crippen LogP) is 3.29. The van der Waals surface area contributed by atoms with Crippen LogP contribution in [0.15, 0.2) is 22.7 Å². The van der Waals surface area contributed by atoms with Gasteiger partial charge in [0.2, 0.25) is 0 Å². The average Bonchev–Trinajstić information content (AvgIpc) is 2.33. The fraction of sp³-hybridized carbons (Fsp3) is 0.500. The van der Waals surface area contributed by atoms with Gasteiger partial charge in [-0.2, -0.15) is 0 Å². The van der Waals surface area contributed by atoms with E-state index in [9.17, 15) is 0 Å². The molecule has 4 heteroatoms. The molecular formula is C12H16BrClN2. The van der Waals surface area contributed by atoms with Gasteiger partial charge in [0.05, 0.1) is 5.02 Å². The summed E-state index contributed by atoms with van der Waals surface area (Å²) in [6.07, 6.45) is 2.41. The molecule has 1 fully saturated rings. The summed E-state index contributed by atoms with van der Waals surface area (Å²) in [5.41, 5.74) is 1.26. The zero-order valence-corrected chi connectivity index (χ0v) is 11.7. The molecular weight excluding hydrogens is 288 g/mol. The molecule has 0 aliphatic carbocycles. The summed E-state index contributed by atoms with van der Waals surface area (Å²) in [5.74, 6) is 0. The number of benzene rings is 1. The quantitative estimate of drug-likeness (QED) is 0.902. The minimum absolute atomic E-state index is 0.673. The van der Waals surface area contributed by atoms with Crippen molar-refractivity contribution in [2.24, 2.45) is 0 Å². The van der Waals surface area contributed by atoms with Gasteiger partial charge in [-0.25, -0.2) is 0 Å². The Morgan fingerprint density at radius 2 is 2.06 bits per heavy atom. The monoisotopic (exact) mass is 302 g/mol. The highest BCUT2D eigenvalue weighted by Crippen LogP contribution is 2.29. The van der Waals surface area contributed by atoms with Gasteiger partial charge in [0.1, 0.15) is 0 Å². The summed E-state index contributed by atoms with van der Waals surface area (Å²) in [7, 11) is 2.04. The van der Waals surface area contributed by atoms with E-state index in [-0.39, 0.29) is 0 Å². The van der Waals surface area contributed by atoms with Gasteiger partial charge in [-0.15, -0.1) is 0 Å². The molecule has 1 aliphatic rings. The van der Waals surface area contributed by atoms with Crippen LogP contribution in [0.3, 0.4) is 0 Å². The molecule has 0 radical (unpaired) electrons. The number of piperidine rings is 1. The number of rotatable bonds is 2. The predicted molar refractivity (Wildman–Crippen MR) is 73.4 cm³/mol. The van der Waals surface area contributed by atoms with Gasteiger partial charge in [-0.3, -0.25) is 0 Å². The molecule has 0 bridgehead atoms. The second-order valence-corrected chi connectivity index (χ2v) is 5.41. The Bertz CT molecular complexity index is 362. The molecule has 0 atom stereocenters. The Labute approximate surface area is 110 Å². The minimum Gasteiger partial charge on any atom is -0.371 e. The smallest absolute Gasteiger partial charge is 0.0549 e. The number of anilines is 1. The molecule has 2 nitrogen and oxygen atoms in total. The first kappa shape index (κ1) is 12.2. The first-order valence-electron chi connectivity index (χ1n) is 5.58. The van der Waals surface area contributed by atoms with E-state index in [1.165, 1.54) is 18.5 Å². The highest BCUT2D eigenvalue weighted by Gasteiger charge is 2.18. The second kappa shape index (κ2) is 5.39. The summed E-state index contributed by atoms with van der Waals surface area (Å²) >= 11 is 9.46. The third-order valence-corrected chi connectivity index (χ3v) is 4.39. The largest absolute Gasteiger partial charge is 0.371 e. The highest BCUT2D eigenvalue weighted by molar-refractivity contribution is 9.10. The Kier molecular flexibility index (Phi) is 4.11. The van der Waals surface area contributed by atoms with Crippen molar-refractivity contribution in [3.05, 3.63) is 27.7 Å². The van der Waals surface area contributed by atoms with E-state index in [1.54, 1.807) is 0 Å². The zero-order valence-electron chi connectivity index (χ0n) is 9.34. The maximum atomic E-state index is 5.99. The standard InChI is InChI=1S/C12H16BrClN2/c1-15-9-4-6-16(7-5-9)10-2-3-12(14)11(13)8-10/h2-3,8-9,15H,4-7H2,1H3. The van der Waals surface area contributed by atoms with Crippen molar-refractivity contribution >= 4 is 33.2 Å². The van der Waals surface area contributed by atoms with Crippen LogP contribution in [0, 0.1) is 0 Å². The van der Waals surface area contributed by atoms with Crippen LogP contribution < -0.4 is 10.2 Å². The molecule has 1 heterocycles. The fourth-order valence-electron chi connectivity index (χ4n) is 2.11. The molecule has 1 aromatic carbocycles. The zero-order chi connectivity index (χ0) is 11.5. The van der Waals surface area contributed by atoms with E-state index >= 15 is 0 Å². The summed E-state index contributed by atoms with van der Waals surface area (Å²) in [5, 5.41) is 4.11. The molecule has 16 heavy (non-hydrogen) atoms. The summed E-state index contributed by atoms with van der Waals surface area (Å²) in [6.45, 7) is 2.22. The summed E-state index contributed by atoms with van der Waals surface area (Å²) in [6, 6.07) is 6.81. The first-order valence-corrected chi connectivity index (χ1v) is 6.75. The second-order valence-electron chi connectivity index (χ2n) is 4.15. The molecule has 1 aliphatic heterocycles. The number of nitrogens with zero attached hydrogens (tertiary/aromatic N) is 1. The van der Waals surface area contributed by atoms with Crippen molar-refractivity contribution in [1.29, 1.82) is 0 Å². The maximum absolute atomic E-state index is 5.99. The molecule has 0 saturated carbocycles. The average molecular weight is 304 g/mol. The Morgan fingerprint density at radius 1 is 1.38 bits per heavy atom. The van der Waals surface area contributed by atoms with E-state index in [0.29, 0.717) is 6.04 Å². The van der Waals surface area contributed by atoms with Crippen LogP contribution in [0.4, 0.5) is 5.69 Å². The lowest BCUT2D eigenvalue weighted by Crippen LogP contribution is -2.41. The van der Waals surface area contributed by atoms with Crippen LogP contribution in [-0.2, 0) is 0 Å². The van der Waals surface area contributed by atoms with Crippen LogP contribution in [-0.4, -0.2) is 26.2 Å². The summed E-state index contributed by atoms with van der Waals surface area (Å²) in [4.78, 5) is 2.41. The molecule has 0 amide bonds. The van der Waals surface area contributed by atoms with E-state index < -0.39 is 0 Å². The van der Waals surface area contributed by atoms with Crippen LogP contribution in [0.25, 0.3) is 0 Å². The van der Waals surface area contributed by atoms with E-state index in [0.717, 1.165) is 22.6 Å². The molecule has 0 unspecified atom stereocenters. The number of halogens is 2. The molecule has 1 N–H and O–H groups in total. The summed E-state index contributed by atoms with van der Waals surface area (Å²) < 4.78 is 0.974. The minimum atomic E-state index is 0.673. The molecule has 0 spiro atoms. The van der Waals surface area contributed by atoms with Crippen LogP contribution in [0.2, 0.25) is 5.02 Å². The Hall–Kier alpha value is -0.250. The highest BCUT2D eigenvalue weighted by atomic mass is 79.9. The SMILES string of the molecule is CNC1CCN(c2ccc(Cl)c(Br)c2)CC1. The van der Waals surface area contributed by atoms with Crippen molar-refractivity contribution < 1.29 is 0 Å². The van der Waals surface area contributed by atoms with Crippen molar-refractivity contribution in [3.63, 3.8) is 0 Å². The van der Waals surface area contributed by atoms with Crippen LogP contribution >= 0.6 is 27.5 Å². The van der Waals surface area contributed by atoms with E-state index in [4.69, 9.17) is 11.6 Å². The van der Waals surface area contributed by atoms with Gasteiger partial charge in [0, 0.05) is 29.3 Å². The molecule has 0 aromatic heterocycles. The van der Waals surface area contributed by atoms with Gasteiger partial charge in [-0.1, -0.05) is 11.6 Å². The Balaban J connectivity index is 2.05. The van der Waals surface area contributed by atoms with Gasteiger partial charge in [-0.05, 0) is 54.0 Å². The third kappa shape index (κ3) is 2.70. The fourth-order valence-corrected chi connectivity index (χ4v) is 2.59. The topological polar surface area (TPSA) is 15.3 Å². The molecule has 88 valence electrons. The van der Waals surface area contributed by atoms with Gasteiger partial charge in [0.15, 0.2) is 0 Å². The van der Waals surface area contributed by atoms with E-state index in [2.05, 4.69) is 38.3 Å². The Morgan fingerprint density at radius 3 is 2.62 bits per heavy atom. The number of nitrogens with one attached hydrogen (secondary N) is 1. The van der Waals surface area contributed by atoms with Crippen LogP contribution in [0.1, 0.15) is 12.8 Å². The lowest BCUT2D eigenvalue weighted by atomic mass is 10.0. The van der Waals surface area contributed by atoms with Crippen molar-refractivity contribution in [2.45, 2.75) is 18.9 Å². The molecule has 1 aromatic rings. The van der Waals surface area contributed by atoms with Gasteiger partial charge < -0.3 is 10.2 Å². The molecule has 2 rings (SSSR count). The lowest BCUT2D eigenvalue weighted by molar-refractivity contribution is 0.442. The molecule has 1 saturated heterocycles. The van der Waals surface area contributed by atoms with Crippen LogP contribution in [0.5, 0.6) is 0 Å². The third-order valence-electron chi connectivity index (χ3n) is 3.17.